The first-order chi connectivity index (χ1) is 23.2. The first-order valence-electron chi connectivity index (χ1n) is 16.3. The Labute approximate surface area is 288 Å². The molecule has 4 aromatic rings. The number of carbonyl (C=O) groups is 2. The van der Waals surface area contributed by atoms with Gasteiger partial charge in [-0.1, -0.05) is 85.5 Å². The number of ether oxygens (including phenoxy) is 1. The van der Waals surface area contributed by atoms with Crippen LogP contribution in [0.5, 0.6) is 5.75 Å². The molecule has 0 saturated heterocycles. The second-order valence-electron chi connectivity index (χ2n) is 12.2. The van der Waals surface area contributed by atoms with E-state index in [0.717, 1.165) is 53.1 Å². The van der Waals surface area contributed by atoms with Gasteiger partial charge in [-0.15, -0.1) is 0 Å². The summed E-state index contributed by atoms with van der Waals surface area (Å²) in [6.07, 6.45) is 5.27. The molecule has 1 aliphatic carbocycles. The van der Waals surface area contributed by atoms with Gasteiger partial charge < -0.3 is 15.0 Å². The van der Waals surface area contributed by atoms with Crippen LogP contribution in [0.3, 0.4) is 0 Å². The van der Waals surface area contributed by atoms with Crippen LogP contribution in [0.25, 0.3) is 0 Å². The molecule has 1 unspecified atom stereocenters. The molecule has 252 valence electrons. The van der Waals surface area contributed by atoms with Gasteiger partial charge in [0.2, 0.25) is 11.8 Å². The zero-order chi connectivity index (χ0) is 34.1. The average Bonchev–Trinajstić information content (AvgIpc) is 3.10. The van der Waals surface area contributed by atoms with Gasteiger partial charge in [0, 0.05) is 24.0 Å². The number of carbonyl (C=O) groups excluding carboxylic acids is 2. The number of rotatable bonds is 13. The summed E-state index contributed by atoms with van der Waals surface area (Å²) in [6, 6.07) is 28.8. The first-order valence-corrected chi connectivity index (χ1v) is 18.1. The quantitative estimate of drug-likeness (QED) is 0.164. The highest BCUT2D eigenvalue weighted by Crippen LogP contribution is 2.28. The second-order valence-corrected chi connectivity index (χ2v) is 14.5. The van der Waals surface area contributed by atoms with Crippen molar-refractivity contribution >= 4 is 39.1 Å². The number of hydrogen-bond acceptors (Lipinski definition) is 5. The summed E-state index contributed by atoms with van der Waals surface area (Å²) < 4.78 is 34.8. The normalized spacial score (nSPS) is 14.1. The summed E-state index contributed by atoms with van der Waals surface area (Å²) in [6.45, 7) is 1.54. The second kappa shape index (κ2) is 16.2. The third-order valence-corrected chi connectivity index (χ3v) is 10.9. The summed E-state index contributed by atoms with van der Waals surface area (Å²) in [5.74, 6) is -0.256. The maximum Gasteiger partial charge on any atom is 0.264 e. The van der Waals surface area contributed by atoms with Crippen LogP contribution in [0.1, 0.15) is 48.8 Å². The highest BCUT2D eigenvalue weighted by molar-refractivity contribution is 7.92. The highest BCUT2D eigenvalue weighted by Gasteiger charge is 2.35. The number of nitrogens with zero attached hydrogens (tertiary/aromatic N) is 2. The van der Waals surface area contributed by atoms with E-state index in [1.165, 1.54) is 19.2 Å². The van der Waals surface area contributed by atoms with Gasteiger partial charge in [-0.25, -0.2) is 8.42 Å². The molecule has 1 aliphatic rings. The largest absolute Gasteiger partial charge is 0.497 e. The Morgan fingerprint density at radius 2 is 1.52 bits per heavy atom. The number of halogens is 1. The van der Waals surface area contributed by atoms with Gasteiger partial charge in [-0.2, -0.15) is 0 Å². The zero-order valence-corrected chi connectivity index (χ0v) is 28.9. The lowest BCUT2D eigenvalue weighted by molar-refractivity contribution is -0.140. The molecule has 0 aromatic heterocycles. The number of methoxy groups -OCH3 is 1. The van der Waals surface area contributed by atoms with E-state index < -0.39 is 28.5 Å². The van der Waals surface area contributed by atoms with Crippen molar-refractivity contribution in [1.82, 2.24) is 10.2 Å². The van der Waals surface area contributed by atoms with Crippen LogP contribution in [0.15, 0.2) is 108 Å². The standard InChI is InChI=1S/C38H42ClN3O5S/c1-28-11-9-10-14-30(28)26-41(36(25-29-12-5-3-6-13-29)38(44)40-32-15-7-4-8-16-32)37(43)27-42(33-19-17-31(39)18-20-33)48(45,46)35-23-21-34(47-2)22-24-35/h3,5-6,9-14,17-24,32,36H,4,7-8,15-16,25-27H2,1-2H3,(H,40,44). The van der Waals surface area contributed by atoms with Crippen LogP contribution in [-0.2, 0) is 32.6 Å². The van der Waals surface area contributed by atoms with Gasteiger partial charge in [0.15, 0.2) is 0 Å². The number of benzene rings is 4. The van der Waals surface area contributed by atoms with Gasteiger partial charge in [-0.05, 0) is 85.0 Å². The van der Waals surface area contributed by atoms with Crippen molar-refractivity contribution in [3.63, 3.8) is 0 Å². The van der Waals surface area contributed by atoms with E-state index in [1.807, 2.05) is 61.5 Å². The van der Waals surface area contributed by atoms with E-state index in [9.17, 15) is 18.0 Å². The monoisotopic (exact) mass is 687 g/mol. The molecular formula is C38H42ClN3O5S. The van der Waals surface area contributed by atoms with Crippen molar-refractivity contribution in [2.75, 3.05) is 18.0 Å². The first kappa shape index (κ1) is 35.0. The summed E-state index contributed by atoms with van der Waals surface area (Å²) in [5.41, 5.74) is 2.99. The lowest BCUT2D eigenvalue weighted by Crippen LogP contribution is -2.55. The van der Waals surface area contributed by atoms with E-state index in [0.29, 0.717) is 10.8 Å². The van der Waals surface area contributed by atoms with E-state index in [1.54, 1.807) is 41.3 Å². The molecule has 0 aliphatic heterocycles. The fraction of sp³-hybridized carbons (Fsp3) is 0.316. The van der Waals surface area contributed by atoms with Crippen LogP contribution in [0.4, 0.5) is 5.69 Å². The molecule has 1 atom stereocenters. The van der Waals surface area contributed by atoms with Crippen molar-refractivity contribution in [1.29, 1.82) is 0 Å². The van der Waals surface area contributed by atoms with Crippen LogP contribution in [0.2, 0.25) is 5.02 Å². The average molecular weight is 688 g/mol. The molecule has 2 amide bonds. The van der Waals surface area contributed by atoms with Gasteiger partial charge in [0.1, 0.15) is 18.3 Å². The fourth-order valence-electron chi connectivity index (χ4n) is 6.08. The smallest absolute Gasteiger partial charge is 0.264 e. The van der Waals surface area contributed by atoms with E-state index in [-0.39, 0.29) is 35.5 Å². The molecule has 0 heterocycles. The van der Waals surface area contributed by atoms with Crippen molar-refractivity contribution in [2.24, 2.45) is 0 Å². The summed E-state index contributed by atoms with van der Waals surface area (Å²) in [4.78, 5) is 30.5. The topological polar surface area (TPSA) is 96.0 Å². The van der Waals surface area contributed by atoms with Gasteiger partial charge in [0.05, 0.1) is 17.7 Å². The number of nitrogens with one attached hydrogen (secondary N) is 1. The molecule has 8 nitrogen and oxygen atoms in total. The third kappa shape index (κ3) is 8.76. The number of anilines is 1. The minimum Gasteiger partial charge on any atom is -0.497 e. The minimum atomic E-state index is -4.24. The van der Waals surface area contributed by atoms with Crippen LogP contribution in [0, 0.1) is 6.92 Å². The van der Waals surface area contributed by atoms with E-state index in [2.05, 4.69) is 5.32 Å². The summed E-state index contributed by atoms with van der Waals surface area (Å²) in [5, 5.41) is 3.67. The molecule has 1 fully saturated rings. The number of sulfonamides is 1. The minimum absolute atomic E-state index is 0.00705. The Balaban J connectivity index is 1.56. The van der Waals surface area contributed by atoms with Crippen LogP contribution < -0.4 is 14.4 Å². The lowest BCUT2D eigenvalue weighted by Gasteiger charge is -2.35. The predicted octanol–water partition coefficient (Wildman–Crippen LogP) is 6.94. The Bertz CT molecular complexity index is 1780. The highest BCUT2D eigenvalue weighted by atomic mass is 35.5. The molecular weight excluding hydrogens is 646 g/mol. The molecule has 0 bridgehead atoms. The summed E-state index contributed by atoms with van der Waals surface area (Å²) >= 11 is 6.17. The van der Waals surface area contributed by atoms with Crippen molar-refractivity contribution in [3.05, 3.63) is 125 Å². The Hall–Kier alpha value is -4.34. The molecule has 0 spiro atoms. The van der Waals surface area contributed by atoms with Crippen LogP contribution in [-0.4, -0.2) is 50.9 Å². The Kier molecular flexibility index (Phi) is 11.8. The van der Waals surface area contributed by atoms with Gasteiger partial charge in [0.25, 0.3) is 10.0 Å². The molecule has 0 radical (unpaired) electrons. The fourth-order valence-corrected chi connectivity index (χ4v) is 7.62. The lowest BCUT2D eigenvalue weighted by atomic mass is 9.94. The van der Waals surface area contributed by atoms with Gasteiger partial charge >= 0.3 is 0 Å². The third-order valence-electron chi connectivity index (χ3n) is 8.87. The number of hydrogen-bond donors (Lipinski definition) is 1. The number of aryl methyl sites for hydroxylation is 1. The van der Waals surface area contributed by atoms with Crippen molar-refractivity contribution in [2.45, 2.75) is 69.0 Å². The number of amides is 2. The Morgan fingerprint density at radius 1 is 0.875 bits per heavy atom. The van der Waals surface area contributed by atoms with Crippen LogP contribution >= 0.6 is 11.6 Å². The molecule has 1 N–H and O–H groups in total. The van der Waals surface area contributed by atoms with E-state index in [4.69, 9.17) is 16.3 Å². The Morgan fingerprint density at radius 3 is 2.17 bits per heavy atom. The maximum atomic E-state index is 14.7. The predicted molar refractivity (Wildman–Crippen MR) is 190 cm³/mol. The maximum absolute atomic E-state index is 14.7. The summed E-state index contributed by atoms with van der Waals surface area (Å²) in [7, 11) is -2.74. The SMILES string of the molecule is COc1ccc(S(=O)(=O)N(CC(=O)N(Cc2ccccc2C)C(Cc2ccccc2)C(=O)NC2CCCCC2)c2ccc(Cl)cc2)cc1. The molecule has 4 aromatic carbocycles. The van der Waals surface area contributed by atoms with Crippen molar-refractivity contribution in [3.8, 4) is 5.75 Å². The van der Waals surface area contributed by atoms with Gasteiger partial charge in [-0.3, -0.25) is 13.9 Å². The van der Waals surface area contributed by atoms with E-state index >= 15 is 0 Å². The molecule has 5 rings (SSSR count). The molecule has 1 saturated carbocycles. The zero-order valence-electron chi connectivity index (χ0n) is 27.3. The molecule has 48 heavy (non-hydrogen) atoms. The molecule has 10 heteroatoms. The van der Waals surface area contributed by atoms with Crippen molar-refractivity contribution < 1.29 is 22.7 Å².